The summed E-state index contributed by atoms with van der Waals surface area (Å²) in [6.45, 7) is 5.06. The monoisotopic (exact) mass is 369 g/mol. The van der Waals surface area contributed by atoms with Gasteiger partial charge in [-0.1, -0.05) is 12.1 Å². The summed E-state index contributed by atoms with van der Waals surface area (Å²) < 4.78 is 12.9. The topological polar surface area (TPSA) is 74.6 Å². The summed E-state index contributed by atoms with van der Waals surface area (Å²) in [6.07, 6.45) is 2.98. The van der Waals surface area contributed by atoms with Crippen molar-refractivity contribution >= 4 is 18.0 Å². The Morgan fingerprint density at radius 3 is 2.63 bits per heavy atom. The minimum atomic E-state index is -0.589. The maximum absolute atomic E-state index is 12.5. The standard InChI is InChI=1S/C21H23NO5/c1-14-10-19(15(2)22(14)11-18-4-3-9-26-18)20(24)13-27-21(25)17-7-5-16(12-23)6-8-17/h5-8,10,12,18H,3-4,9,11,13H2,1-2H3. The molecule has 6 nitrogen and oxygen atoms in total. The van der Waals surface area contributed by atoms with Crippen molar-refractivity contribution < 1.29 is 23.9 Å². The third kappa shape index (κ3) is 4.34. The third-order valence-corrected chi connectivity index (χ3v) is 4.90. The van der Waals surface area contributed by atoms with Crippen LogP contribution in [0.5, 0.6) is 0 Å². The van der Waals surface area contributed by atoms with Gasteiger partial charge in [-0.3, -0.25) is 9.59 Å². The predicted molar refractivity (Wildman–Crippen MR) is 99.3 cm³/mol. The molecule has 0 radical (unpaired) electrons. The number of carbonyl (C=O) groups is 3. The summed E-state index contributed by atoms with van der Waals surface area (Å²) in [5, 5.41) is 0. The van der Waals surface area contributed by atoms with E-state index in [1.165, 1.54) is 24.3 Å². The molecule has 1 unspecified atom stereocenters. The van der Waals surface area contributed by atoms with Crippen LogP contribution >= 0.6 is 0 Å². The van der Waals surface area contributed by atoms with E-state index >= 15 is 0 Å². The zero-order chi connectivity index (χ0) is 19.4. The lowest BCUT2D eigenvalue weighted by Gasteiger charge is -2.14. The van der Waals surface area contributed by atoms with Gasteiger partial charge in [0.15, 0.2) is 6.61 Å². The largest absolute Gasteiger partial charge is 0.454 e. The fraction of sp³-hybridized carbons (Fsp3) is 0.381. The van der Waals surface area contributed by atoms with Crippen molar-refractivity contribution in [2.24, 2.45) is 0 Å². The molecule has 6 heteroatoms. The molecule has 1 saturated heterocycles. The first-order valence-corrected chi connectivity index (χ1v) is 9.03. The first-order chi connectivity index (χ1) is 13.0. The van der Waals surface area contributed by atoms with Crippen molar-refractivity contribution in [3.63, 3.8) is 0 Å². The second-order valence-electron chi connectivity index (χ2n) is 6.77. The van der Waals surface area contributed by atoms with Crippen LogP contribution in [0.1, 0.15) is 55.3 Å². The number of ether oxygens (including phenoxy) is 2. The maximum atomic E-state index is 12.5. The van der Waals surface area contributed by atoms with Gasteiger partial charge in [0.25, 0.3) is 0 Å². The van der Waals surface area contributed by atoms with E-state index in [1.807, 2.05) is 19.9 Å². The molecule has 142 valence electrons. The SMILES string of the molecule is Cc1cc(C(=O)COC(=O)c2ccc(C=O)cc2)c(C)n1CC1CCCO1. The molecule has 0 amide bonds. The van der Waals surface area contributed by atoms with Gasteiger partial charge in [0.2, 0.25) is 5.78 Å². The van der Waals surface area contributed by atoms with Gasteiger partial charge in [0.1, 0.15) is 6.29 Å². The van der Waals surface area contributed by atoms with Crippen molar-refractivity contribution in [2.75, 3.05) is 13.2 Å². The first-order valence-electron chi connectivity index (χ1n) is 9.03. The minimum Gasteiger partial charge on any atom is -0.454 e. The van der Waals surface area contributed by atoms with Gasteiger partial charge in [-0.05, 0) is 44.9 Å². The van der Waals surface area contributed by atoms with E-state index < -0.39 is 5.97 Å². The number of Topliss-reactive ketones (excluding diaryl/α,β-unsaturated/α-hetero) is 1. The zero-order valence-electron chi connectivity index (χ0n) is 15.6. The number of aryl methyl sites for hydroxylation is 1. The van der Waals surface area contributed by atoms with Crippen LogP contribution in [0.25, 0.3) is 0 Å². The third-order valence-electron chi connectivity index (χ3n) is 4.90. The molecule has 1 aromatic carbocycles. The highest BCUT2D eigenvalue weighted by Gasteiger charge is 2.21. The number of hydrogen-bond donors (Lipinski definition) is 0. The highest BCUT2D eigenvalue weighted by Crippen LogP contribution is 2.21. The Kier molecular flexibility index (Phi) is 5.86. The molecule has 0 N–H and O–H groups in total. The lowest BCUT2D eigenvalue weighted by molar-refractivity contribution is 0.0474. The number of hydrogen-bond acceptors (Lipinski definition) is 5. The fourth-order valence-electron chi connectivity index (χ4n) is 3.35. The molecule has 2 heterocycles. The van der Waals surface area contributed by atoms with Crippen molar-refractivity contribution in [3.05, 3.63) is 58.4 Å². The van der Waals surface area contributed by atoms with Crippen molar-refractivity contribution in [1.29, 1.82) is 0 Å². The van der Waals surface area contributed by atoms with Crippen molar-refractivity contribution in [3.8, 4) is 0 Å². The fourth-order valence-corrected chi connectivity index (χ4v) is 3.35. The quantitative estimate of drug-likeness (QED) is 0.426. The van der Waals surface area contributed by atoms with Crippen LogP contribution in [0.15, 0.2) is 30.3 Å². The number of aromatic nitrogens is 1. The van der Waals surface area contributed by atoms with Crippen molar-refractivity contribution in [1.82, 2.24) is 4.57 Å². The molecular formula is C21H23NO5. The Hall–Kier alpha value is -2.73. The van der Waals surface area contributed by atoms with E-state index in [2.05, 4.69) is 4.57 Å². The summed E-state index contributed by atoms with van der Waals surface area (Å²) >= 11 is 0. The van der Waals surface area contributed by atoms with Gasteiger partial charge in [0.05, 0.1) is 11.7 Å². The second-order valence-corrected chi connectivity index (χ2v) is 6.77. The summed E-state index contributed by atoms with van der Waals surface area (Å²) in [6, 6.07) is 7.90. The highest BCUT2D eigenvalue weighted by atomic mass is 16.5. The Morgan fingerprint density at radius 2 is 2.00 bits per heavy atom. The Morgan fingerprint density at radius 1 is 1.26 bits per heavy atom. The van der Waals surface area contributed by atoms with Gasteiger partial charge in [-0.25, -0.2) is 4.79 Å². The Balaban J connectivity index is 1.63. The van der Waals surface area contributed by atoms with Crippen LogP contribution in [-0.2, 0) is 16.0 Å². The highest BCUT2D eigenvalue weighted by molar-refractivity contribution is 6.00. The summed E-state index contributed by atoms with van der Waals surface area (Å²) in [4.78, 5) is 35.3. The van der Waals surface area contributed by atoms with E-state index in [4.69, 9.17) is 9.47 Å². The van der Waals surface area contributed by atoms with Gasteiger partial charge in [-0.2, -0.15) is 0 Å². The number of rotatable bonds is 7. The Labute approximate surface area is 158 Å². The summed E-state index contributed by atoms with van der Waals surface area (Å²) in [5.41, 5.74) is 3.19. The predicted octanol–water partition coefficient (Wildman–Crippen LogP) is 3.14. The van der Waals surface area contributed by atoms with E-state index in [9.17, 15) is 14.4 Å². The maximum Gasteiger partial charge on any atom is 0.338 e. The molecule has 3 rings (SSSR count). The first kappa shape index (κ1) is 19.0. The van der Waals surface area contributed by atoms with E-state index in [0.29, 0.717) is 23.0 Å². The normalized spacial score (nSPS) is 16.3. The van der Waals surface area contributed by atoms with Gasteiger partial charge < -0.3 is 14.0 Å². The van der Waals surface area contributed by atoms with E-state index in [-0.39, 0.29) is 18.5 Å². The molecule has 27 heavy (non-hydrogen) atoms. The van der Waals surface area contributed by atoms with Crippen LogP contribution in [-0.4, -0.2) is 41.9 Å². The lowest BCUT2D eigenvalue weighted by Crippen LogP contribution is -2.18. The average molecular weight is 369 g/mol. The molecule has 1 aromatic heterocycles. The smallest absolute Gasteiger partial charge is 0.338 e. The molecule has 0 spiro atoms. The number of aldehydes is 1. The van der Waals surface area contributed by atoms with E-state index in [0.717, 1.165) is 37.4 Å². The summed E-state index contributed by atoms with van der Waals surface area (Å²) in [7, 11) is 0. The average Bonchev–Trinajstić information content (AvgIpc) is 3.29. The molecule has 1 atom stereocenters. The van der Waals surface area contributed by atoms with E-state index in [1.54, 1.807) is 0 Å². The molecule has 2 aromatic rings. The number of benzene rings is 1. The van der Waals surface area contributed by atoms with Crippen LogP contribution in [0.2, 0.25) is 0 Å². The number of esters is 1. The van der Waals surface area contributed by atoms with Gasteiger partial charge in [0, 0.05) is 35.7 Å². The lowest BCUT2D eigenvalue weighted by atomic mass is 10.1. The molecule has 1 aliphatic rings. The van der Waals surface area contributed by atoms with Crippen LogP contribution in [0, 0.1) is 13.8 Å². The molecule has 0 bridgehead atoms. The molecule has 0 saturated carbocycles. The molecule has 1 fully saturated rings. The van der Waals surface area contributed by atoms with Crippen molar-refractivity contribution in [2.45, 2.75) is 39.3 Å². The number of nitrogens with zero attached hydrogens (tertiary/aromatic N) is 1. The van der Waals surface area contributed by atoms with Crippen LogP contribution < -0.4 is 0 Å². The second kappa shape index (κ2) is 8.31. The number of ketones is 1. The minimum absolute atomic E-state index is 0.185. The molecule has 1 aliphatic heterocycles. The van der Waals surface area contributed by atoms with Gasteiger partial charge in [-0.15, -0.1) is 0 Å². The Bertz CT molecular complexity index is 844. The van der Waals surface area contributed by atoms with Crippen LogP contribution in [0.4, 0.5) is 0 Å². The van der Waals surface area contributed by atoms with Gasteiger partial charge >= 0.3 is 5.97 Å². The summed E-state index contributed by atoms with van der Waals surface area (Å²) in [5.74, 6) is -0.825. The molecular weight excluding hydrogens is 346 g/mol. The number of carbonyl (C=O) groups excluding carboxylic acids is 3. The molecule has 0 aliphatic carbocycles. The zero-order valence-corrected chi connectivity index (χ0v) is 15.6. The van der Waals surface area contributed by atoms with Crippen LogP contribution in [0.3, 0.4) is 0 Å².